The molecule has 2 saturated heterocycles. The molecule has 0 aromatic carbocycles. The number of nitrogens with zero attached hydrogens (tertiary/aromatic N) is 5. The molecule has 0 aliphatic carbocycles. The number of anilines is 1. The molecule has 2 fully saturated rings. The maximum atomic E-state index is 13.9. The fraction of sp³-hybridized carbons (Fsp3) is 0.500. The fourth-order valence-corrected chi connectivity index (χ4v) is 4.77. The molecule has 3 aliphatic rings. The third-order valence-corrected chi connectivity index (χ3v) is 6.85. The van der Waals surface area contributed by atoms with E-state index in [1.807, 2.05) is 26.0 Å². The van der Waals surface area contributed by atoms with Crippen molar-refractivity contribution in [2.45, 2.75) is 57.8 Å². The zero-order valence-corrected chi connectivity index (χ0v) is 19.5. The quantitative estimate of drug-likeness (QED) is 0.737. The topological polar surface area (TPSA) is 97.8 Å². The lowest BCUT2D eigenvalue weighted by molar-refractivity contribution is -0.114. The van der Waals surface area contributed by atoms with Gasteiger partial charge in [0.2, 0.25) is 0 Å². The van der Waals surface area contributed by atoms with E-state index in [9.17, 15) is 9.18 Å². The van der Waals surface area contributed by atoms with Crippen LogP contribution in [-0.4, -0.2) is 52.7 Å². The van der Waals surface area contributed by atoms with E-state index in [0.29, 0.717) is 49.7 Å². The zero-order valence-electron chi connectivity index (χ0n) is 19.5. The Morgan fingerprint density at radius 2 is 2.09 bits per heavy atom. The van der Waals surface area contributed by atoms with Crippen LogP contribution in [0.3, 0.4) is 0 Å². The van der Waals surface area contributed by atoms with Gasteiger partial charge in [0.25, 0.3) is 5.56 Å². The van der Waals surface area contributed by atoms with Crippen LogP contribution in [0.2, 0.25) is 0 Å². The van der Waals surface area contributed by atoms with Gasteiger partial charge in [-0.2, -0.15) is 5.10 Å². The monoisotopic (exact) mass is 468 g/mol. The highest BCUT2D eigenvalue weighted by Gasteiger charge is 2.40. The first-order chi connectivity index (χ1) is 16.4. The van der Waals surface area contributed by atoms with Crippen LogP contribution in [-0.2, 0) is 11.3 Å². The molecule has 1 spiro atoms. The summed E-state index contributed by atoms with van der Waals surface area (Å²) in [5, 5.41) is 11.6. The Hall–Kier alpha value is -3.27. The first kappa shape index (κ1) is 22.5. The molecule has 9 nitrogen and oxygen atoms in total. The van der Waals surface area contributed by atoms with E-state index in [2.05, 4.69) is 25.5 Å². The van der Waals surface area contributed by atoms with Gasteiger partial charge < -0.3 is 19.5 Å². The van der Waals surface area contributed by atoms with E-state index >= 15 is 0 Å². The molecule has 0 amide bonds. The van der Waals surface area contributed by atoms with E-state index in [-0.39, 0.29) is 17.7 Å². The van der Waals surface area contributed by atoms with Gasteiger partial charge in [0, 0.05) is 43.3 Å². The van der Waals surface area contributed by atoms with Gasteiger partial charge >= 0.3 is 0 Å². The SMILES string of the molecule is CC1=CC=C(c2noc(C)c2Cn2ncc(N3CCC4(CC3)CC(F)CCO4)cc2=O)N=CN1. The number of alkyl halides is 1. The first-order valence-corrected chi connectivity index (χ1v) is 11.7. The van der Waals surface area contributed by atoms with Crippen LogP contribution in [0, 0.1) is 6.92 Å². The molecule has 5 heterocycles. The lowest BCUT2D eigenvalue weighted by atomic mass is 9.83. The Balaban J connectivity index is 1.31. The summed E-state index contributed by atoms with van der Waals surface area (Å²) in [6, 6.07) is 1.60. The second-order valence-corrected chi connectivity index (χ2v) is 9.19. The zero-order chi connectivity index (χ0) is 23.7. The molecule has 1 unspecified atom stereocenters. The molecule has 10 heteroatoms. The maximum Gasteiger partial charge on any atom is 0.269 e. The number of nitrogens with one attached hydrogen (secondary N) is 1. The van der Waals surface area contributed by atoms with Crippen LogP contribution in [0.25, 0.3) is 5.70 Å². The van der Waals surface area contributed by atoms with E-state index in [1.54, 1.807) is 18.6 Å². The number of allylic oxidation sites excluding steroid dienone is 3. The van der Waals surface area contributed by atoms with Crippen molar-refractivity contribution in [3.8, 4) is 0 Å². The minimum Gasteiger partial charge on any atom is -0.375 e. The number of aryl methyl sites for hydroxylation is 1. The van der Waals surface area contributed by atoms with Crippen LogP contribution in [0.15, 0.2) is 44.4 Å². The molecule has 1 atom stereocenters. The normalized spacial score (nSPS) is 22.2. The molecule has 34 heavy (non-hydrogen) atoms. The van der Waals surface area contributed by atoms with E-state index in [1.165, 1.54) is 4.68 Å². The van der Waals surface area contributed by atoms with Crippen LogP contribution < -0.4 is 15.8 Å². The summed E-state index contributed by atoms with van der Waals surface area (Å²) in [5.74, 6) is 0.613. The number of rotatable bonds is 4. The molecular formula is C24H29FN6O3. The standard InChI is InChI=1S/C24H29FN6O3/c1-16-3-4-21(27-15-26-16)23-20(17(2)34-29-23)14-31-22(32)11-19(13-28-31)30-8-6-24(7-9-30)12-18(25)5-10-33-24/h3-4,11,13,15,18H,5-10,12,14H2,1-2H3,(H,26,27). The second kappa shape index (κ2) is 9.17. The van der Waals surface area contributed by atoms with Crippen molar-refractivity contribution >= 4 is 17.7 Å². The molecule has 0 radical (unpaired) electrons. The number of aromatic nitrogens is 3. The van der Waals surface area contributed by atoms with Crippen molar-refractivity contribution in [2.24, 2.45) is 4.99 Å². The lowest BCUT2D eigenvalue weighted by Gasteiger charge is -2.45. The summed E-state index contributed by atoms with van der Waals surface area (Å²) < 4.78 is 26.7. The van der Waals surface area contributed by atoms with Crippen molar-refractivity contribution < 1.29 is 13.7 Å². The predicted molar refractivity (Wildman–Crippen MR) is 126 cm³/mol. The molecule has 180 valence electrons. The van der Waals surface area contributed by atoms with Gasteiger partial charge in [0.05, 0.1) is 42.7 Å². The average Bonchev–Trinajstić information content (AvgIpc) is 3.03. The van der Waals surface area contributed by atoms with Crippen molar-refractivity contribution in [3.63, 3.8) is 0 Å². The first-order valence-electron chi connectivity index (χ1n) is 11.7. The van der Waals surface area contributed by atoms with E-state index in [0.717, 1.165) is 29.8 Å². The summed E-state index contributed by atoms with van der Waals surface area (Å²) >= 11 is 0. The molecule has 0 saturated carbocycles. The van der Waals surface area contributed by atoms with Gasteiger partial charge in [0.15, 0.2) is 0 Å². The van der Waals surface area contributed by atoms with Crippen LogP contribution in [0.4, 0.5) is 10.1 Å². The molecule has 1 N–H and O–H groups in total. The third-order valence-electron chi connectivity index (χ3n) is 6.85. The lowest BCUT2D eigenvalue weighted by Crippen LogP contribution is -2.50. The molecule has 5 rings (SSSR count). The van der Waals surface area contributed by atoms with E-state index in [4.69, 9.17) is 9.26 Å². The van der Waals surface area contributed by atoms with Crippen LogP contribution >= 0.6 is 0 Å². The minimum absolute atomic E-state index is 0.210. The smallest absolute Gasteiger partial charge is 0.269 e. The van der Waals surface area contributed by atoms with Crippen LogP contribution in [0.5, 0.6) is 0 Å². The Bertz CT molecular complexity index is 1210. The highest BCUT2D eigenvalue weighted by molar-refractivity contribution is 5.76. The van der Waals surface area contributed by atoms with Gasteiger partial charge in [-0.1, -0.05) is 5.16 Å². The van der Waals surface area contributed by atoms with Gasteiger partial charge in [-0.05, 0) is 38.8 Å². The van der Waals surface area contributed by atoms with Crippen molar-refractivity contribution in [1.82, 2.24) is 20.3 Å². The number of piperidine rings is 1. The van der Waals surface area contributed by atoms with Crippen LogP contribution in [0.1, 0.15) is 49.6 Å². The summed E-state index contributed by atoms with van der Waals surface area (Å²) in [4.78, 5) is 19.5. The minimum atomic E-state index is -0.785. The number of ether oxygens (including phenoxy) is 1. The molecule has 2 aromatic rings. The maximum absolute atomic E-state index is 13.9. The molecule has 2 aromatic heterocycles. The van der Waals surface area contributed by atoms with Gasteiger partial charge in [-0.15, -0.1) is 0 Å². The van der Waals surface area contributed by atoms with Crippen molar-refractivity contribution in [2.75, 3.05) is 24.6 Å². The number of aliphatic imine (C=N–C) groups is 1. The van der Waals surface area contributed by atoms with Crippen molar-refractivity contribution in [3.05, 3.63) is 57.5 Å². The molecule has 3 aliphatic heterocycles. The summed E-state index contributed by atoms with van der Waals surface area (Å²) in [6.07, 6.45) is 8.74. The largest absolute Gasteiger partial charge is 0.375 e. The Morgan fingerprint density at radius 3 is 2.85 bits per heavy atom. The number of hydrogen-bond acceptors (Lipinski definition) is 8. The highest BCUT2D eigenvalue weighted by Crippen LogP contribution is 2.37. The predicted octanol–water partition coefficient (Wildman–Crippen LogP) is 2.95. The average molecular weight is 469 g/mol. The Labute approximate surface area is 197 Å². The Kier molecular flexibility index (Phi) is 6.07. The highest BCUT2D eigenvalue weighted by atomic mass is 19.1. The number of hydrogen-bond donors (Lipinski definition) is 1. The second-order valence-electron chi connectivity index (χ2n) is 9.19. The van der Waals surface area contributed by atoms with Gasteiger partial charge in [0.1, 0.15) is 17.6 Å². The molecule has 0 bridgehead atoms. The third kappa shape index (κ3) is 4.54. The van der Waals surface area contributed by atoms with Gasteiger partial charge in [-0.25, -0.2) is 14.1 Å². The van der Waals surface area contributed by atoms with Gasteiger partial charge in [-0.3, -0.25) is 4.79 Å². The number of halogens is 1. The summed E-state index contributed by atoms with van der Waals surface area (Å²) in [7, 11) is 0. The summed E-state index contributed by atoms with van der Waals surface area (Å²) in [6.45, 7) is 5.87. The fourth-order valence-electron chi connectivity index (χ4n) is 4.77. The Morgan fingerprint density at radius 1 is 1.26 bits per heavy atom. The van der Waals surface area contributed by atoms with E-state index < -0.39 is 6.17 Å². The van der Waals surface area contributed by atoms with Crippen molar-refractivity contribution in [1.29, 1.82) is 0 Å². The summed E-state index contributed by atoms with van der Waals surface area (Å²) in [5.41, 5.74) is 3.14. The molecular weight excluding hydrogens is 439 g/mol.